The predicted molar refractivity (Wildman–Crippen MR) is 115 cm³/mol. The van der Waals surface area contributed by atoms with Crippen LogP contribution in [0.3, 0.4) is 0 Å². The van der Waals surface area contributed by atoms with E-state index in [0.717, 1.165) is 57.5 Å². The summed E-state index contributed by atoms with van der Waals surface area (Å²) in [6.07, 6.45) is 8.22. The van der Waals surface area contributed by atoms with E-state index in [9.17, 15) is 9.18 Å². The Morgan fingerprint density at radius 2 is 1.69 bits per heavy atom. The molecule has 29 heavy (non-hydrogen) atoms. The van der Waals surface area contributed by atoms with Gasteiger partial charge in [0.25, 0.3) is 0 Å². The molecule has 0 aromatic heterocycles. The Bertz CT molecular complexity index is 839. The molecule has 0 unspecified atom stereocenters. The summed E-state index contributed by atoms with van der Waals surface area (Å²) in [5.41, 5.74) is 2.52. The van der Waals surface area contributed by atoms with Gasteiger partial charge in [0.1, 0.15) is 5.82 Å². The summed E-state index contributed by atoms with van der Waals surface area (Å²) >= 11 is 0. The van der Waals surface area contributed by atoms with Crippen molar-refractivity contribution in [3.05, 3.63) is 77.6 Å². The van der Waals surface area contributed by atoms with E-state index in [-0.39, 0.29) is 11.2 Å². The second-order valence-corrected chi connectivity index (χ2v) is 8.49. The number of hydrogen-bond acceptors (Lipinski definition) is 2. The molecule has 2 saturated heterocycles. The van der Waals surface area contributed by atoms with Gasteiger partial charge in [-0.3, -0.25) is 9.69 Å². The fourth-order valence-electron chi connectivity index (χ4n) is 4.58. The Labute approximate surface area is 172 Å². The summed E-state index contributed by atoms with van der Waals surface area (Å²) in [6, 6.07) is 16.9. The Balaban J connectivity index is 1.29. The molecule has 0 saturated carbocycles. The van der Waals surface area contributed by atoms with E-state index in [1.807, 2.05) is 18.2 Å². The first-order valence-corrected chi connectivity index (χ1v) is 10.6. The first-order valence-electron chi connectivity index (χ1n) is 10.6. The minimum atomic E-state index is -0.198. The molecule has 3 nitrogen and oxygen atoms in total. The van der Waals surface area contributed by atoms with E-state index >= 15 is 0 Å². The van der Waals surface area contributed by atoms with Gasteiger partial charge in [-0.2, -0.15) is 0 Å². The van der Waals surface area contributed by atoms with E-state index in [1.54, 1.807) is 12.1 Å². The van der Waals surface area contributed by atoms with Crippen LogP contribution in [-0.4, -0.2) is 41.9 Å². The molecule has 2 heterocycles. The number of rotatable bonds is 5. The van der Waals surface area contributed by atoms with Crippen LogP contribution >= 0.6 is 0 Å². The lowest BCUT2D eigenvalue weighted by Gasteiger charge is -2.47. The summed E-state index contributed by atoms with van der Waals surface area (Å²) in [5.74, 6) is 0.0971. The van der Waals surface area contributed by atoms with Crippen molar-refractivity contribution in [3.63, 3.8) is 0 Å². The first-order chi connectivity index (χ1) is 14.1. The summed E-state index contributed by atoms with van der Waals surface area (Å²) in [4.78, 5) is 17.0. The van der Waals surface area contributed by atoms with Crippen LogP contribution in [0.25, 0.3) is 6.08 Å². The molecule has 2 aromatic rings. The van der Waals surface area contributed by atoms with Crippen LogP contribution in [0.5, 0.6) is 0 Å². The van der Waals surface area contributed by atoms with Gasteiger partial charge in [-0.1, -0.05) is 54.6 Å². The number of carbonyl (C=O) groups is 1. The van der Waals surface area contributed by atoms with Crippen molar-refractivity contribution >= 4 is 12.0 Å². The van der Waals surface area contributed by atoms with Crippen LogP contribution in [0.1, 0.15) is 36.8 Å². The SMILES string of the molecule is O=C1CCC2(CCN(C/C=C/c3ccc(F)cc3)CC2)CN1Cc1ccccc1. The Morgan fingerprint density at radius 3 is 2.41 bits per heavy atom. The number of hydrogen-bond donors (Lipinski definition) is 0. The van der Waals surface area contributed by atoms with Gasteiger partial charge in [0, 0.05) is 26.1 Å². The molecule has 2 aliphatic heterocycles. The minimum absolute atomic E-state index is 0.198. The highest BCUT2D eigenvalue weighted by molar-refractivity contribution is 5.77. The quantitative estimate of drug-likeness (QED) is 0.734. The molecule has 2 aromatic carbocycles. The first kappa shape index (κ1) is 19.8. The van der Waals surface area contributed by atoms with Gasteiger partial charge in [-0.15, -0.1) is 0 Å². The number of carbonyl (C=O) groups excluding carboxylic acids is 1. The zero-order valence-corrected chi connectivity index (χ0v) is 16.9. The van der Waals surface area contributed by atoms with Crippen molar-refractivity contribution in [2.45, 2.75) is 32.2 Å². The van der Waals surface area contributed by atoms with E-state index in [0.29, 0.717) is 12.3 Å². The fourth-order valence-corrected chi connectivity index (χ4v) is 4.58. The van der Waals surface area contributed by atoms with Gasteiger partial charge in [0.05, 0.1) is 0 Å². The van der Waals surface area contributed by atoms with Crippen molar-refractivity contribution in [2.75, 3.05) is 26.2 Å². The monoisotopic (exact) mass is 392 g/mol. The van der Waals surface area contributed by atoms with Crippen molar-refractivity contribution in [1.82, 2.24) is 9.80 Å². The number of amides is 1. The van der Waals surface area contributed by atoms with Gasteiger partial charge in [-0.25, -0.2) is 4.39 Å². The van der Waals surface area contributed by atoms with Crippen molar-refractivity contribution in [3.8, 4) is 0 Å². The minimum Gasteiger partial charge on any atom is -0.338 e. The topological polar surface area (TPSA) is 23.6 Å². The second-order valence-electron chi connectivity index (χ2n) is 8.49. The van der Waals surface area contributed by atoms with Crippen LogP contribution < -0.4 is 0 Å². The lowest BCUT2D eigenvalue weighted by atomic mass is 9.72. The van der Waals surface area contributed by atoms with Gasteiger partial charge in [0.15, 0.2) is 0 Å². The molecule has 1 amide bonds. The van der Waals surface area contributed by atoms with Gasteiger partial charge in [-0.05, 0) is 61.0 Å². The summed E-state index contributed by atoms with van der Waals surface area (Å²) < 4.78 is 13.0. The Hall–Kier alpha value is -2.46. The van der Waals surface area contributed by atoms with Crippen molar-refractivity contribution in [1.29, 1.82) is 0 Å². The predicted octanol–water partition coefficient (Wildman–Crippen LogP) is 4.74. The van der Waals surface area contributed by atoms with Gasteiger partial charge in [0.2, 0.25) is 5.91 Å². The van der Waals surface area contributed by atoms with E-state index in [4.69, 9.17) is 0 Å². The molecule has 152 valence electrons. The zero-order chi connectivity index (χ0) is 20.1. The third kappa shape index (κ3) is 5.13. The summed E-state index contributed by atoms with van der Waals surface area (Å²) in [5, 5.41) is 0. The summed E-state index contributed by atoms with van der Waals surface area (Å²) in [7, 11) is 0. The smallest absolute Gasteiger partial charge is 0.222 e. The average molecular weight is 393 g/mol. The molecular formula is C25H29FN2O. The summed E-state index contributed by atoms with van der Waals surface area (Å²) in [6.45, 7) is 4.67. The highest BCUT2D eigenvalue weighted by Crippen LogP contribution is 2.40. The highest BCUT2D eigenvalue weighted by Gasteiger charge is 2.40. The number of benzene rings is 2. The molecule has 0 atom stereocenters. The Morgan fingerprint density at radius 1 is 0.966 bits per heavy atom. The molecule has 0 radical (unpaired) electrons. The standard InChI is InChI=1S/C25H29FN2O/c26-23-10-8-21(9-11-23)7-4-16-27-17-14-25(15-18-27)13-12-24(29)28(20-25)19-22-5-2-1-3-6-22/h1-11H,12-20H2/b7-4+. The average Bonchev–Trinajstić information content (AvgIpc) is 2.75. The maximum Gasteiger partial charge on any atom is 0.222 e. The van der Waals surface area contributed by atoms with Gasteiger partial charge < -0.3 is 4.90 Å². The largest absolute Gasteiger partial charge is 0.338 e. The molecule has 0 aliphatic carbocycles. The fraction of sp³-hybridized carbons (Fsp3) is 0.400. The van der Waals surface area contributed by atoms with Crippen LogP contribution in [-0.2, 0) is 11.3 Å². The van der Waals surface area contributed by atoms with Gasteiger partial charge >= 0.3 is 0 Å². The van der Waals surface area contributed by atoms with Crippen LogP contribution in [0, 0.1) is 11.2 Å². The molecule has 2 fully saturated rings. The molecule has 0 bridgehead atoms. The molecule has 0 N–H and O–H groups in total. The zero-order valence-electron chi connectivity index (χ0n) is 16.9. The van der Waals surface area contributed by atoms with Crippen LogP contribution in [0.4, 0.5) is 4.39 Å². The van der Waals surface area contributed by atoms with E-state index < -0.39 is 0 Å². The number of halogens is 1. The lowest BCUT2D eigenvalue weighted by molar-refractivity contribution is -0.139. The molecular weight excluding hydrogens is 363 g/mol. The number of nitrogens with zero attached hydrogens (tertiary/aromatic N) is 2. The lowest BCUT2D eigenvalue weighted by Crippen LogP contribution is -2.51. The van der Waals surface area contributed by atoms with E-state index in [2.05, 4.69) is 34.1 Å². The third-order valence-electron chi connectivity index (χ3n) is 6.43. The van der Waals surface area contributed by atoms with Crippen LogP contribution in [0.2, 0.25) is 0 Å². The molecule has 4 rings (SSSR count). The normalized spacial score (nSPS) is 19.9. The molecule has 4 heteroatoms. The maximum absolute atomic E-state index is 13.0. The van der Waals surface area contributed by atoms with Crippen LogP contribution in [0.15, 0.2) is 60.7 Å². The third-order valence-corrected chi connectivity index (χ3v) is 6.43. The maximum atomic E-state index is 13.0. The van der Waals surface area contributed by atoms with Crippen molar-refractivity contribution < 1.29 is 9.18 Å². The van der Waals surface area contributed by atoms with E-state index in [1.165, 1.54) is 17.7 Å². The van der Waals surface area contributed by atoms with Crippen molar-refractivity contribution in [2.24, 2.45) is 5.41 Å². The second kappa shape index (κ2) is 8.91. The number of piperidine rings is 2. The highest BCUT2D eigenvalue weighted by atomic mass is 19.1. The molecule has 2 aliphatic rings. The Kier molecular flexibility index (Phi) is 6.10. The molecule has 1 spiro atoms. The number of likely N-dealkylation sites (tertiary alicyclic amines) is 2.